The topological polar surface area (TPSA) is 63.2 Å². The molecule has 0 radical (unpaired) electrons. The summed E-state index contributed by atoms with van der Waals surface area (Å²) in [5.41, 5.74) is -0.00599. The zero-order valence-corrected chi connectivity index (χ0v) is 18.3. The highest BCUT2D eigenvalue weighted by Crippen LogP contribution is 2.27. The average molecular weight is 415 g/mol. The highest BCUT2D eigenvalue weighted by molar-refractivity contribution is 6.62. The molecule has 0 amide bonds. The largest absolute Gasteiger partial charge is 0.543 e. The van der Waals surface area contributed by atoms with Crippen LogP contribution in [0, 0.1) is 5.82 Å². The quantitative estimate of drug-likeness (QED) is 0.275. The molecule has 0 N–H and O–H groups in total. The van der Waals surface area contributed by atoms with E-state index in [2.05, 4.69) is 4.74 Å². The Morgan fingerprint density at radius 3 is 2.18 bits per heavy atom. The van der Waals surface area contributed by atoms with Gasteiger partial charge in [-0.3, -0.25) is 0 Å². The number of benzene rings is 1. The predicted octanol–water partition coefficient (Wildman–Crippen LogP) is 4.15. The van der Waals surface area contributed by atoms with Gasteiger partial charge in [0.25, 0.3) is 0 Å². The Morgan fingerprint density at radius 2 is 1.71 bits per heavy atom. The van der Waals surface area contributed by atoms with Gasteiger partial charge in [0.2, 0.25) is 0 Å². The summed E-state index contributed by atoms with van der Waals surface area (Å²) in [7, 11) is -1.88. The third kappa shape index (κ3) is 7.01. The molecule has 8 heteroatoms. The first-order chi connectivity index (χ1) is 13.5. The lowest BCUT2D eigenvalue weighted by Crippen LogP contribution is -2.59. The molecule has 0 aromatic heterocycles. The van der Waals surface area contributed by atoms with Gasteiger partial charge in [-0.2, -0.15) is 0 Å². The lowest BCUT2D eigenvalue weighted by atomic mass is 10.2. The number of esters is 1. The van der Waals surface area contributed by atoms with Crippen molar-refractivity contribution in [2.45, 2.75) is 46.3 Å². The second-order valence-electron chi connectivity index (χ2n) is 5.84. The van der Waals surface area contributed by atoms with E-state index in [9.17, 15) is 9.18 Å². The van der Waals surface area contributed by atoms with Crippen LogP contribution in [0.4, 0.5) is 4.39 Å². The monoisotopic (exact) mass is 414 g/mol. The summed E-state index contributed by atoms with van der Waals surface area (Å²) in [4.78, 5) is 11.2. The molecule has 28 heavy (non-hydrogen) atoms. The van der Waals surface area contributed by atoms with Gasteiger partial charge in [0, 0.05) is 25.9 Å². The molecule has 1 atom stereocenters. The molecule has 0 bridgehead atoms. The molecular formula is C20H31FO6Si. The van der Waals surface area contributed by atoms with E-state index >= 15 is 0 Å². The van der Waals surface area contributed by atoms with Crippen LogP contribution in [0.5, 0.6) is 5.75 Å². The maximum absolute atomic E-state index is 14.6. The van der Waals surface area contributed by atoms with Crippen LogP contribution in [0.1, 0.15) is 46.1 Å². The Morgan fingerprint density at radius 1 is 1.11 bits per heavy atom. The average Bonchev–Trinajstić information content (AvgIpc) is 2.67. The van der Waals surface area contributed by atoms with Crippen LogP contribution < -0.4 is 4.74 Å². The molecule has 0 aliphatic carbocycles. The first-order valence-electron chi connectivity index (χ1n) is 9.60. The lowest BCUT2D eigenvalue weighted by molar-refractivity contribution is -0.134. The fourth-order valence-corrected chi connectivity index (χ4v) is 5.61. The van der Waals surface area contributed by atoms with Crippen molar-refractivity contribution < 1.29 is 31.9 Å². The summed E-state index contributed by atoms with van der Waals surface area (Å²) >= 11 is 0. The molecule has 1 unspecified atom stereocenters. The van der Waals surface area contributed by atoms with E-state index in [1.54, 1.807) is 6.07 Å². The number of rotatable bonds is 13. The van der Waals surface area contributed by atoms with Gasteiger partial charge in [-0.25, -0.2) is 9.18 Å². The van der Waals surface area contributed by atoms with Gasteiger partial charge < -0.3 is 22.8 Å². The van der Waals surface area contributed by atoms with E-state index in [-0.39, 0.29) is 5.75 Å². The summed E-state index contributed by atoms with van der Waals surface area (Å²) in [5, 5.41) is 0. The van der Waals surface area contributed by atoms with Gasteiger partial charge in [-0.05, 0) is 51.0 Å². The van der Waals surface area contributed by atoms with Crippen LogP contribution in [0.15, 0.2) is 24.3 Å². The Labute approximate surface area is 167 Å². The van der Waals surface area contributed by atoms with E-state index in [0.29, 0.717) is 31.8 Å². The Bertz CT molecular complexity index is 620. The Hall–Kier alpha value is -1.74. The van der Waals surface area contributed by atoms with Crippen molar-refractivity contribution in [3.05, 3.63) is 35.7 Å². The summed E-state index contributed by atoms with van der Waals surface area (Å²) in [5.74, 6) is -0.963. The molecule has 1 aromatic carbocycles. The fraction of sp³-hybridized carbons (Fsp3) is 0.550. The van der Waals surface area contributed by atoms with Crippen molar-refractivity contribution in [2.75, 3.05) is 26.9 Å². The minimum absolute atomic E-state index is 0.0876. The number of carbonyl (C=O) groups is 1. The van der Waals surface area contributed by atoms with E-state index in [4.69, 9.17) is 18.0 Å². The highest BCUT2D eigenvalue weighted by atomic mass is 28.4. The predicted molar refractivity (Wildman–Crippen MR) is 107 cm³/mol. The second kappa shape index (κ2) is 12.7. The number of methoxy groups -OCH3 is 1. The summed E-state index contributed by atoms with van der Waals surface area (Å²) in [6.45, 7) is 8.85. The molecule has 158 valence electrons. The zero-order chi connectivity index (χ0) is 21.0. The van der Waals surface area contributed by atoms with Crippen molar-refractivity contribution in [3.63, 3.8) is 0 Å². The molecule has 0 saturated carbocycles. The molecule has 1 rings (SSSR count). The van der Waals surface area contributed by atoms with Crippen LogP contribution in [-0.4, -0.2) is 47.4 Å². The van der Waals surface area contributed by atoms with Gasteiger partial charge >= 0.3 is 14.8 Å². The van der Waals surface area contributed by atoms with Crippen molar-refractivity contribution in [1.82, 2.24) is 0 Å². The molecular weight excluding hydrogens is 383 g/mol. The maximum Gasteiger partial charge on any atom is 0.543 e. The number of ether oxygens (including phenoxy) is 2. The maximum atomic E-state index is 14.6. The van der Waals surface area contributed by atoms with Crippen LogP contribution in [0.25, 0.3) is 6.08 Å². The van der Waals surface area contributed by atoms with E-state index < -0.39 is 26.3 Å². The van der Waals surface area contributed by atoms with Gasteiger partial charge in [-0.15, -0.1) is 0 Å². The Kier molecular flexibility index (Phi) is 11.0. The second-order valence-corrected chi connectivity index (χ2v) is 8.56. The van der Waals surface area contributed by atoms with Crippen LogP contribution in [-0.2, 0) is 22.8 Å². The minimum Gasteiger partial charge on any atom is -0.483 e. The third-order valence-corrected chi connectivity index (χ3v) is 7.09. The standard InChI is InChI=1S/C20H31FO6Si/c1-6-10-20(28(24-7-2,25-8-3)26-9-4)27-18-13-11-16(15-17(18)21)12-14-19(22)23-5/h11-15,20H,6-10H2,1-5H3/b14-12+. The number of carbonyl (C=O) groups excluding carboxylic acids is 1. The lowest BCUT2D eigenvalue weighted by Gasteiger charge is -2.35. The first-order valence-corrected chi connectivity index (χ1v) is 11.4. The molecule has 6 nitrogen and oxygen atoms in total. The van der Waals surface area contributed by atoms with E-state index in [1.165, 1.54) is 31.4 Å². The molecule has 0 spiro atoms. The van der Waals surface area contributed by atoms with Crippen molar-refractivity contribution in [3.8, 4) is 5.75 Å². The van der Waals surface area contributed by atoms with Gasteiger partial charge in [0.05, 0.1) is 7.11 Å². The Balaban J connectivity index is 3.12. The first kappa shape index (κ1) is 24.3. The number of halogens is 1. The molecule has 0 fully saturated rings. The normalized spacial score (nSPS) is 12.9. The fourth-order valence-electron chi connectivity index (χ4n) is 2.68. The number of hydrogen-bond acceptors (Lipinski definition) is 6. The zero-order valence-electron chi connectivity index (χ0n) is 17.3. The molecule has 0 aliphatic rings. The third-order valence-electron chi connectivity index (χ3n) is 3.82. The van der Waals surface area contributed by atoms with Gasteiger partial charge in [-0.1, -0.05) is 19.4 Å². The van der Waals surface area contributed by atoms with E-state index in [0.717, 1.165) is 6.42 Å². The number of hydrogen-bond donors (Lipinski definition) is 0. The van der Waals surface area contributed by atoms with Crippen molar-refractivity contribution in [1.29, 1.82) is 0 Å². The molecule has 0 aliphatic heterocycles. The SMILES string of the molecule is CCCC(Oc1ccc(/C=C/C(=O)OC)cc1F)[Si](OCC)(OCC)OCC. The smallest absolute Gasteiger partial charge is 0.483 e. The van der Waals surface area contributed by atoms with Crippen LogP contribution in [0.3, 0.4) is 0 Å². The van der Waals surface area contributed by atoms with Crippen LogP contribution in [0.2, 0.25) is 0 Å². The summed E-state index contributed by atoms with van der Waals surface area (Å²) in [6, 6.07) is 4.48. The van der Waals surface area contributed by atoms with Crippen molar-refractivity contribution in [2.24, 2.45) is 0 Å². The summed E-state index contributed by atoms with van der Waals surface area (Å²) in [6.07, 6.45) is 4.11. The van der Waals surface area contributed by atoms with Crippen molar-refractivity contribution >= 4 is 20.8 Å². The van der Waals surface area contributed by atoms with E-state index in [1.807, 2.05) is 27.7 Å². The van der Waals surface area contributed by atoms with Gasteiger partial charge in [0.1, 0.15) is 0 Å². The highest BCUT2D eigenvalue weighted by Gasteiger charge is 2.51. The minimum atomic E-state index is -3.16. The molecule has 0 heterocycles. The van der Waals surface area contributed by atoms with Crippen LogP contribution >= 0.6 is 0 Å². The molecule has 0 saturated heterocycles. The summed E-state index contributed by atoms with van der Waals surface area (Å²) < 4.78 is 42.9. The van der Waals surface area contributed by atoms with Gasteiger partial charge in [0.15, 0.2) is 17.3 Å². The molecule has 1 aromatic rings.